The molecule has 3 nitrogen and oxygen atoms in total. The third-order valence-electron chi connectivity index (χ3n) is 2.97. The summed E-state index contributed by atoms with van der Waals surface area (Å²) in [5, 5.41) is 2.87. The number of carbonyl (C=O) groups excluding carboxylic acids is 1. The molecule has 0 atom stereocenters. The summed E-state index contributed by atoms with van der Waals surface area (Å²) in [4.78, 5) is 12.0. The smallest absolute Gasteiger partial charge is 0.255 e. The van der Waals surface area contributed by atoms with Crippen LogP contribution in [0.3, 0.4) is 0 Å². The summed E-state index contributed by atoms with van der Waals surface area (Å²) in [7, 11) is 1.60. The van der Waals surface area contributed by atoms with E-state index in [1.165, 1.54) is 5.56 Å². The molecule has 0 bridgehead atoms. The molecule has 0 unspecified atom stereocenters. The third kappa shape index (κ3) is 3.35. The van der Waals surface area contributed by atoms with Gasteiger partial charge in [-0.1, -0.05) is 19.1 Å². The Labute approximate surface area is 113 Å². The number of amides is 1. The highest BCUT2D eigenvalue weighted by atomic mass is 16.5. The van der Waals surface area contributed by atoms with E-state index in [-0.39, 0.29) is 5.91 Å². The molecule has 0 spiro atoms. The lowest BCUT2D eigenvalue weighted by molar-refractivity contribution is 0.102. The van der Waals surface area contributed by atoms with Crippen LogP contribution >= 0.6 is 0 Å². The summed E-state index contributed by atoms with van der Waals surface area (Å²) in [5.74, 6) is 0.621. The molecule has 3 heteroatoms. The van der Waals surface area contributed by atoms with Crippen LogP contribution in [0.5, 0.6) is 5.75 Å². The Morgan fingerprint density at radius 3 is 2.21 bits per heavy atom. The monoisotopic (exact) mass is 255 g/mol. The fourth-order valence-corrected chi connectivity index (χ4v) is 1.77. The van der Waals surface area contributed by atoms with E-state index in [1.807, 2.05) is 24.3 Å². The van der Waals surface area contributed by atoms with Crippen LogP contribution in [-0.2, 0) is 6.42 Å². The first-order valence-corrected chi connectivity index (χ1v) is 6.27. The highest BCUT2D eigenvalue weighted by Crippen LogP contribution is 2.14. The van der Waals surface area contributed by atoms with E-state index in [1.54, 1.807) is 31.4 Å². The molecule has 19 heavy (non-hydrogen) atoms. The molecule has 2 rings (SSSR count). The summed E-state index contributed by atoms with van der Waals surface area (Å²) in [6, 6.07) is 14.9. The summed E-state index contributed by atoms with van der Waals surface area (Å²) >= 11 is 0. The number of benzene rings is 2. The minimum Gasteiger partial charge on any atom is -0.497 e. The number of hydrogen-bond donors (Lipinski definition) is 1. The normalized spacial score (nSPS) is 10.0. The fraction of sp³-hybridized carbons (Fsp3) is 0.188. The van der Waals surface area contributed by atoms with E-state index in [0.29, 0.717) is 5.56 Å². The van der Waals surface area contributed by atoms with Crippen molar-refractivity contribution in [3.05, 3.63) is 59.7 Å². The van der Waals surface area contributed by atoms with Gasteiger partial charge in [-0.2, -0.15) is 0 Å². The van der Waals surface area contributed by atoms with Crippen LogP contribution in [-0.4, -0.2) is 13.0 Å². The highest BCUT2D eigenvalue weighted by molar-refractivity contribution is 6.04. The molecule has 0 aliphatic carbocycles. The molecule has 0 saturated heterocycles. The topological polar surface area (TPSA) is 38.3 Å². The zero-order valence-electron chi connectivity index (χ0n) is 11.1. The molecule has 1 N–H and O–H groups in total. The largest absolute Gasteiger partial charge is 0.497 e. The Bertz CT molecular complexity index is 544. The van der Waals surface area contributed by atoms with Gasteiger partial charge in [0.2, 0.25) is 0 Å². The van der Waals surface area contributed by atoms with E-state index in [4.69, 9.17) is 4.74 Å². The number of anilines is 1. The van der Waals surface area contributed by atoms with Crippen molar-refractivity contribution in [2.45, 2.75) is 13.3 Å². The van der Waals surface area contributed by atoms with Gasteiger partial charge >= 0.3 is 0 Å². The number of nitrogens with one attached hydrogen (secondary N) is 1. The molecule has 98 valence electrons. The molecule has 2 aromatic carbocycles. The molecular weight excluding hydrogens is 238 g/mol. The van der Waals surface area contributed by atoms with Crippen LogP contribution in [0.25, 0.3) is 0 Å². The van der Waals surface area contributed by atoms with E-state index < -0.39 is 0 Å². The first-order valence-electron chi connectivity index (χ1n) is 6.27. The lowest BCUT2D eigenvalue weighted by Gasteiger charge is -2.06. The van der Waals surface area contributed by atoms with E-state index in [9.17, 15) is 4.79 Å². The van der Waals surface area contributed by atoms with E-state index >= 15 is 0 Å². The zero-order valence-corrected chi connectivity index (χ0v) is 11.1. The molecular formula is C16H17NO2. The Morgan fingerprint density at radius 2 is 1.68 bits per heavy atom. The predicted octanol–water partition coefficient (Wildman–Crippen LogP) is 3.51. The molecule has 0 saturated carbocycles. The van der Waals surface area contributed by atoms with Gasteiger partial charge in [0.15, 0.2) is 0 Å². The maximum atomic E-state index is 12.0. The second-order valence-corrected chi connectivity index (χ2v) is 4.23. The van der Waals surface area contributed by atoms with Gasteiger partial charge in [-0.25, -0.2) is 0 Å². The van der Waals surface area contributed by atoms with Crippen molar-refractivity contribution in [2.75, 3.05) is 12.4 Å². The molecule has 0 aliphatic heterocycles. The average molecular weight is 255 g/mol. The molecule has 1 amide bonds. The minimum absolute atomic E-state index is 0.119. The van der Waals surface area contributed by atoms with E-state index in [0.717, 1.165) is 17.9 Å². The molecule has 0 fully saturated rings. The van der Waals surface area contributed by atoms with Gasteiger partial charge in [0.05, 0.1) is 7.11 Å². The Hall–Kier alpha value is -2.29. The van der Waals surface area contributed by atoms with Crippen LogP contribution < -0.4 is 10.1 Å². The van der Waals surface area contributed by atoms with Crippen LogP contribution in [0.2, 0.25) is 0 Å². The molecule has 0 radical (unpaired) electrons. The number of aryl methyl sites for hydroxylation is 1. The van der Waals surface area contributed by atoms with Crippen molar-refractivity contribution in [3.63, 3.8) is 0 Å². The first kappa shape index (κ1) is 13.1. The lowest BCUT2D eigenvalue weighted by Crippen LogP contribution is -2.11. The zero-order chi connectivity index (χ0) is 13.7. The van der Waals surface area contributed by atoms with Crippen molar-refractivity contribution in [2.24, 2.45) is 0 Å². The van der Waals surface area contributed by atoms with Gasteiger partial charge in [0.1, 0.15) is 5.75 Å². The lowest BCUT2D eigenvalue weighted by atomic mass is 10.1. The highest BCUT2D eigenvalue weighted by Gasteiger charge is 2.05. The summed E-state index contributed by atoms with van der Waals surface area (Å²) in [6.07, 6.45) is 0.993. The molecule has 0 aromatic heterocycles. The van der Waals surface area contributed by atoms with Crippen molar-refractivity contribution >= 4 is 11.6 Å². The van der Waals surface area contributed by atoms with Gasteiger partial charge < -0.3 is 10.1 Å². The summed E-state index contributed by atoms with van der Waals surface area (Å²) in [5.41, 5.74) is 2.67. The maximum absolute atomic E-state index is 12.0. The number of hydrogen-bond acceptors (Lipinski definition) is 2. The van der Waals surface area contributed by atoms with Crippen LogP contribution in [0.1, 0.15) is 22.8 Å². The fourth-order valence-electron chi connectivity index (χ4n) is 1.77. The second-order valence-electron chi connectivity index (χ2n) is 4.23. The minimum atomic E-state index is -0.119. The average Bonchev–Trinajstić information content (AvgIpc) is 2.48. The SMILES string of the molecule is CCc1ccc(NC(=O)c2ccc(OC)cc2)cc1. The number of rotatable bonds is 4. The van der Waals surface area contributed by atoms with Crippen molar-refractivity contribution in [1.82, 2.24) is 0 Å². The Balaban J connectivity index is 2.06. The molecule has 0 heterocycles. The van der Waals surface area contributed by atoms with Gasteiger partial charge in [-0.05, 0) is 48.4 Å². The van der Waals surface area contributed by atoms with Gasteiger partial charge in [0, 0.05) is 11.3 Å². The van der Waals surface area contributed by atoms with Crippen molar-refractivity contribution < 1.29 is 9.53 Å². The summed E-state index contributed by atoms with van der Waals surface area (Å²) < 4.78 is 5.06. The number of ether oxygens (including phenoxy) is 1. The van der Waals surface area contributed by atoms with Gasteiger partial charge in [0.25, 0.3) is 5.91 Å². The maximum Gasteiger partial charge on any atom is 0.255 e. The van der Waals surface area contributed by atoms with Gasteiger partial charge in [-0.15, -0.1) is 0 Å². The molecule has 2 aromatic rings. The van der Waals surface area contributed by atoms with Crippen LogP contribution in [0.15, 0.2) is 48.5 Å². The summed E-state index contributed by atoms with van der Waals surface area (Å²) in [6.45, 7) is 2.10. The van der Waals surface area contributed by atoms with Crippen LogP contribution in [0, 0.1) is 0 Å². The number of methoxy groups -OCH3 is 1. The standard InChI is InChI=1S/C16H17NO2/c1-3-12-4-8-14(9-5-12)17-16(18)13-6-10-15(19-2)11-7-13/h4-11H,3H2,1-2H3,(H,17,18). The third-order valence-corrected chi connectivity index (χ3v) is 2.97. The van der Waals surface area contributed by atoms with Gasteiger partial charge in [-0.3, -0.25) is 4.79 Å². The van der Waals surface area contributed by atoms with Crippen LogP contribution in [0.4, 0.5) is 5.69 Å². The number of carbonyl (C=O) groups is 1. The van der Waals surface area contributed by atoms with Crippen molar-refractivity contribution in [3.8, 4) is 5.75 Å². The predicted molar refractivity (Wildman–Crippen MR) is 76.8 cm³/mol. The second kappa shape index (κ2) is 6.05. The Kier molecular flexibility index (Phi) is 4.18. The quantitative estimate of drug-likeness (QED) is 0.908. The molecule has 0 aliphatic rings. The van der Waals surface area contributed by atoms with Crippen molar-refractivity contribution in [1.29, 1.82) is 0 Å². The van der Waals surface area contributed by atoms with E-state index in [2.05, 4.69) is 12.2 Å². The Morgan fingerprint density at radius 1 is 1.05 bits per heavy atom. The first-order chi connectivity index (χ1) is 9.22.